The zero-order chi connectivity index (χ0) is 9.80. The number of hydrogen-bond donors (Lipinski definition) is 0. The summed E-state index contributed by atoms with van der Waals surface area (Å²) in [5.41, 5.74) is 1.26. The van der Waals surface area contributed by atoms with Gasteiger partial charge in [0.1, 0.15) is 6.26 Å². The van der Waals surface area contributed by atoms with E-state index in [-0.39, 0.29) is 5.92 Å². The van der Waals surface area contributed by atoms with Gasteiger partial charge in [0, 0.05) is 5.92 Å². The number of benzene rings is 1. The summed E-state index contributed by atoms with van der Waals surface area (Å²) in [5.74, 6) is 0.793. The maximum Gasteiger partial charge on any atom is 0.197 e. The van der Waals surface area contributed by atoms with E-state index in [1.165, 1.54) is 5.56 Å². The van der Waals surface area contributed by atoms with Crippen molar-refractivity contribution in [1.29, 1.82) is 0 Å². The second-order valence-corrected chi connectivity index (χ2v) is 3.26. The molecule has 0 aliphatic carbocycles. The van der Waals surface area contributed by atoms with Crippen LogP contribution in [0.1, 0.15) is 17.4 Å². The van der Waals surface area contributed by atoms with Crippen LogP contribution in [0, 0.1) is 6.92 Å². The van der Waals surface area contributed by atoms with Crippen LogP contribution in [-0.4, -0.2) is 4.98 Å². The molecule has 0 N–H and O–H groups in total. The third kappa shape index (κ3) is 2.02. The average Bonchev–Trinajstić information content (AvgIpc) is 2.72. The molecule has 71 valence electrons. The number of aromatic nitrogens is 1. The van der Waals surface area contributed by atoms with E-state index in [0.29, 0.717) is 5.89 Å². The highest BCUT2D eigenvalue weighted by Gasteiger charge is 2.10. The highest BCUT2D eigenvalue weighted by Crippen LogP contribution is 2.17. The fraction of sp³-hybridized carbons (Fsp3) is 0.167. The maximum absolute atomic E-state index is 5.19. The van der Waals surface area contributed by atoms with Gasteiger partial charge in [0.2, 0.25) is 0 Å². The van der Waals surface area contributed by atoms with Gasteiger partial charge >= 0.3 is 0 Å². The van der Waals surface area contributed by atoms with E-state index in [1.807, 2.05) is 18.2 Å². The molecular weight excluding hydrogens is 174 g/mol. The number of rotatable bonds is 3. The lowest BCUT2D eigenvalue weighted by molar-refractivity contribution is 0.471. The predicted molar refractivity (Wildman–Crippen MR) is 54.7 cm³/mol. The van der Waals surface area contributed by atoms with Crippen molar-refractivity contribution in [2.45, 2.75) is 12.3 Å². The minimum Gasteiger partial charge on any atom is -0.449 e. The van der Waals surface area contributed by atoms with Crippen LogP contribution in [0.5, 0.6) is 0 Å². The Balaban J connectivity index is 2.06. The van der Waals surface area contributed by atoms with Crippen molar-refractivity contribution in [3.05, 3.63) is 61.2 Å². The molecule has 1 unspecified atom stereocenters. The third-order valence-corrected chi connectivity index (χ3v) is 2.13. The minimum absolute atomic E-state index is 0.0902. The molecule has 0 spiro atoms. The summed E-state index contributed by atoms with van der Waals surface area (Å²) < 4.78 is 5.19. The van der Waals surface area contributed by atoms with Crippen molar-refractivity contribution in [3.63, 3.8) is 0 Å². The molecule has 1 radical (unpaired) electrons. The van der Waals surface area contributed by atoms with Gasteiger partial charge in [-0.2, -0.15) is 0 Å². The molecule has 0 bridgehead atoms. The van der Waals surface area contributed by atoms with E-state index in [0.717, 1.165) is 6.42 Å². The van der Waals surface area contributed by atoms with Crippen LogP contribution >= 0.6 is 0 Å². The molecule has 0 fully saturated rings. The maximum atomic E-state index is 5.19. The fourth-order valence-electron chi connectivity index (χ4n) is 1.42. The summed E-state index contributed by atoms with van der Waals surface area (Å²) >= 11 is 0. The summed E-state index contributed by atoms with van der Waals surface area (Å²) in [5, 5.41) is 0. The van der Waals surface area contributed by atoms with Gasteiger partial charge in [-0.05, 0) is 18.9 Å². The van der Waals surface area contributed by atoms with Crippen molar-refractivity contribution in [2.24, 2.45) is 0 Å². The molecule has 2 heteroatoms. The molecule has 1 atom stereocenters. The number of hydrogen-bond acceptors (Lipinski definition) is 2. The first-order chi connectivity index (χ1) is 6.86. The summed E-state index contributed by atoms with van der Waals surface area (Å²) in [4.78, 5) is 4.08. The van der Waals surface area contributed by atoms with E-state index >= 15 is 0 Å². The third-order valence-electron chi connectivity index (χ3n) is 2.13. The SMILES string of the molecule is [CH2]C(Cc1ccccc1)c1ncco1. The van der Waals surface area contributed by atoms with Crippen molar-refractivity contribution in [3.8, 4) is 0 Å². The van der Waals surface area contributed by atoms with Crippen molar-refractivity contribution in [1.82, 2.24) is 4.98 Å². The number of nitrogens with zero attached hydrogens (tertiary/aromatic N) is 1. The highest BCUT2D eigenvalue weighted by molar-refractivity contribution is 5.17. The van der Waals surface area contributed by atoms with E-state index in [2.05, 4.69) is 24.0 Å². The zero-order valence-electron chi connectivity index (χ0n) is 7.89. The fourth-order valence-corrected chi connectivity index (χ4v) is 1.42. The Labute approximate surface area is 83.6 Å². The normalized spacial score (nSPS) is 12.6. The first-order valence-electron chi connectivity index (χ1n) is 4.62. The Morgan fingerprint density at radius 2 is 2.07 bits per heavy atom. The van der Waals surface area contributed by atoms with Crippen molar-refractivity contribution >= 4 is 0 Å². The van der Waals surface area contributed by atoms with E-state index in [1.54, 1.807) is 12.5 Å². The molecule has 14 heavy (non-hydrogen) atoms. The predicted octanol–water partition coefficient (Wildman–Crippen LogP) is 2.83. The van der Waals surface area contributed by atoms with Crippen LogP contribution in [0.15, 0.2) is 47.2 Å². The molecule has 1 heterocycles. The molecule has 0 aliphatic rings. The molecule has 0 saturated heterocycles. The molecule has 1 aromatic heterocycles. The number of oxazole rings is 1. The van der Waals surface area contributed by atoms with Gasteiger partial charge in [0.05, 0.1) is 6.20 Å². The second-order valence-electron chi connectivity index (χ2n) is 3.26. The molecule has 2 rings (SSSR count). The summed E-state index contributed by atoms with van der Waals surface area (Å²) in [6.07, 6.45) is 4.10. The summed E-state index contributed by atoms with van der Waals surface area (Å²) in [6.45, 7) is 4.02. The van der Waals surface area contributed by atoms with Crippen molar-refractivity contribution < 1.29 is 4.42 Å². The van der Waals surface area contributed by atoms with Crippen LogP contribution in [0.3, 0.4) is 0 Å². The Hall–Kier alpha value is -1.57. The lowest BCUT2D eigenvalue weighted by Crippen LogP contribution is -1.98. The van der Waals surface area contributed by atoms with Crippen LogP contribution in [0.2, 0.25) is 0 Å². The summed E-state index contributed by atoms with van der Waals surface area (Å²) in [6, 6.07) is 10.2. The standard InChI is InChI=1S/C12H12NO/c1-10(12-13-7-8-14-12)9-11-5-3-2-4-6-11/h2-8,10H,1,9H2. The van der Waals surface area contributed by atoms with Gasteiger partial charge in [-0.1, -0.05) is 30.3 Å². The molecule has 0 aliphatic heterocycles. The van der Waals surface area contributed by atoms with Gasteiger partial charge in [-0.25, -0.2) is 4.98 Å². The van der Waals surface area contributed by atoms with Gasteiger partial charge in [-0.15, -0.1) is 0 Å². The Morgan fingerprint density at radius 1 is 1.29 bits per heavy atom. The minimum atomic E-state index is 0.0902. The summed E-state index contributed by atoms with van der Waals surface area (Å²) in [7, 11) is 0. The van der Waals surface area contributed by atoms with Gasteiger partial charge in [-0.3, -0.25) is 0 Å². The Morgan fingerprint density at radius 3 is 2.71 bits per heavy atom. The van der Waals surface area contributed by atoms with Gasteiger partial charge in [0.15, 0.2) is 5.89 Å². The lowest BCUT2D eigenvalue weighted by atomic mass is 10.0. The molecule has 1 aromatic carbocycles. The first kappa shape index (κ1) is 9.00. The van der Waals surface area contributed by atoms with Crippen LogP contribution in [-0.2, 0) is 6.42 Å². The van der Waals surface area contributed by atoms with Crippen LogP contribution in [0.4, 0.5) is 0 Å². The molecule has 0 saturated carbocycles. The molecule has 0 amide bonds. The van der Waals surface area contributed by atoms with Gasteiger partial charge in [0.25, 0.3) is 0 Å². The first-order valence-corrected chi connectivity index (χ1v) is 4.62. The van der Waals surface area contributed by atoms with E-state index in [9.17, 15) is 0 Å². The smallest absolute Gasteiger partial charge is 0.197 e. The van der Waals surface area contributed by atoms with Crippen molar-refractivity contribution in [2.75, 3.05) is 0 Å². The van der Waals surface area contributed by atoms with Crippen LogP contribution < -0.4 is 0 Å². The quantitative estimate of drug-likeness (QED) is 0.736. The Kier molecular flexibility index (Phi) is 2.63. The van der Waals surface area contributed by atoms with Crippen LogP contribution in [0.25, 0.3) is 0 Å². The second kappa shape index (κ2) is 4.09. The highest BCUT2D eigenvalue weighted by atomic mass is 16.3. The zero-order valence-corrected chi connectivity index (χ0v) is 7.89. The lowest BCUT2D eigenvalue weighted by Gasteiger charge is -2.06. The Bertz CT molecular complexity index is 366. The topological polar surface area (TPSA) is 26.0 Å². The van der Waals surface area contributed by atoms with E-state index in [4.69, 9.17) is 4.42 Å². The van der Waals surface area contributed by atoms with E-state index < -0.39 is 0 Å². The molecule has 2 nitrogen and oxygen atoms in total. The molecular formula is C12H12NO. The van der Waals surface area contributed by atoms with Gasteiger partial charge < -0.3 is 4.42 Å². The largest absolute Gasteiger partial charge is 0.449 e. The average molecular weight is 186 g/mol. The monoisotopic (exact) mass is 186 g/mol. The molecule has 2 aromatic rings.